The molecule has 2 heteroatoms. The molecule has 1 amide bonds. The summed E-state index contributed by atoms with van der Waals surface area (Å²) >= 11 is 0. The summed E-state index contributed by atoms with van der Waals surface area (Å²) in [6, 6.07) is 0. The van der Waals surface area contributed by atoms with E-state index in [1.165, 1.54) is 0 Å². The molecule has 0 unspecified atom stereocenters. The highest BCUT2D eigenvalue weighted by molar-refractivity contribution is 5.48. The van der Waals surface area contributed by atoms with Gasteiger partial charge in [0.2, 0.25) is 0 Å². The van der Waals surface area contributed by atoms with Crippen molar-refractivity contribution in [1.29, 1.82) is 0 Å². The first-order valence-electron chi connectivity index (χ1n) is 3.94. The van der Waals surface area contributed by atoms with Crippen LogP contribution in [0.3, 0.4) is 0 Å². The molecule has 0 bridgehead atoms. The van der Waals surface area contributed by atoms with Crippen molar-refractivity contribution >= 4 is 6.41 Å². The Labute approximate surface area is 68.9 Å². The van der Waals surface area contributed by atoms with E-state index in [1.807, 2.05) is 6.41 Å². The summed E-state index contributed by atoms with van der Waals surface area (Å²) in [6.45, 7) is 9.22. The summed E-state index contributed by atoms with van der Waals surface area (Å²) in [7, 11) is 0. The molecule has 0 fully saturated rings. The first kappa shape index (κ1) is 10.2. The Balaban J connectivity index is 3.51. The average Bonchev–Trinajstić information content (AvgIpc) is 1.97. The van der Waals surface area contributed by atoms with Crippen molar-refractivity contribution in [1.82, 2.24) is 4.90 Å². The summed E-state index contributed by atoms with van der Waals surface area (Å²) in [5.41, 5.74) is 0. The predicted octanol–water partition coefficient (Wildman–Crippen LogP) is 1.59. The van der Waals surface area contributed by atoms with E-state index in [-0.39, 0.29) is 0 Å². The summed E-state index contributed by atoms with van der Waals surface area (Å²) in [5.74, 6) is 0.635. The van der Waals surface area contributed by atoms with Crippen LogP contribution in [0.2, 0.25) is 0 Å². The highest BCUT2D eigenvalue weighted by Crippen LogP contribution is 2.00. The molecule has 0 saturated heterocycles. The SMILES string of the molecule is C=CCN([C]=O)CCC(C)C. The fourth-order valence-electron chi connectivity index (χ4n) is 0.744. The van der Waals surface area contributed by atoms with Crippen LogP contribution in [-0.4, -0.2) is 24.4 Å². The number of hydrogen-bond donors (Lipinski definition) is 0. The lowest BCUT2D eigenvalue weighted by Crippen LogP contribution is -2.23. The molecule has 0 aromatic carbocycles. The smallest absolute Gasteiger partial charge is 0.312 e. The van der Waals surface area contributed by atoms with Gasteiger partial charge in [-0.15, -0.1) is 6.58 Å². The molecule has 0 aromatic rings. The number of nitrogens with zero attached hydrogens (tertiary/aromatic N) is 1. The Morgan fingerprint density at radius 2 is 2.27 bits per heavy atom. The molecule has 1 radical (unpaired) electrons. The highest BCUT2D eigenvalue weighted by Gasteiger charge is 2.00. The molecule has 0 saturated carbocycles. The molecule has 0 N–H and O–H groups in total. The van der Waals surface area contributed by atoms with Gasteiger partial charge in [0.05, 0.1) is 0 Å². The summed E-state index contributed by atoms with van der Waals surface area (Å²) < 4.78 is 0. The molecule has 2 nitrogen and oxygen atoms in total. The van der Waals surface area contributed by atoms with E-state index in [1.54, 1.807) is 11.0 Å². The van der Waals surface area contributed by atoms with Crippen molar-refractivity contribution in [2.24, 2.45) is 5.92 Å². The van der Waals surface area contributed by atoms with Crippen LogP contribution < -0.4 is 0 Å². The second kappa shape index (κ2) is 5.96. The third-order valence-corrected chi connectivity index (χ3v) is 1.45. The van der Waals surface area contributed by atoms with Gasteiger partial charge in [-0.2, -0.15) is 0 Å². The zero-order chi connectivity index (χ0) is 8.69. The van der Waals surface area contributed by atoms with Crippen molar-refractivity contribution < 1.29 is 4.79 Å². The van der Waals surface area contributed by atoms with E-state index >= 15 is 0 Å². The van der Waals surface area contributed by atoms with Gasteiger partial charge in [0.15, 0.2) is 0 Å². The Kier molecular flexibility index (Phi) is 5.53. The zero-order valence-corrected chi connectivity index (χ0v) is 7.34. The molecule has 0 atom stereocenters. The van der Waals surface area contributed by atoms with Gasteiger partial charge < -0.3 is 4.90 Å². The van der Waals surface area contributed by atoms with Crippen molar-refractivity contribution in [3.63, 3.8) is 0 Å². The minimum absolute atomic E-state index is 0.607. The summed E-state index contributed by atoms with van der Waals surface area (Å²) in [6.07, 6.45) is 4.61. The number of carbonyl (C=O) groups excluding carboxylic acids is 1. The van der Waals surface area contributed by atoms with Crippen LogP contribution >= 0.6 is 0 Å². The molecular weight excluding hydrogens is 138 g/mol. The Bertz CT molecular complexity index is 121. The molecule has 0 aliphatic heterocycles. The maximum Gasteiger partial charge on any atom is 0.312 e. The minimum atomic E-state index is 0.607. The third-order valence-electron chi connectivity index (χ3n) is 1.45. The Morgan fingerprint density at radius 3 is 2.64 bits per heavy atom. The van der Waals surface area contributed by atoms with Crippen LogP contribution in [0.5, 0.6) is 0 Å². The van der Waals surface area contributed by atoms with Crippen LogP contribution in [0.25, 0.3) is 0 Å². The van der Waals surface area contributed by atoms with E-state index in [0.29, 0.717) is 12.5 Å². The van der Waals surface area contributed by atoms with Gasteiger partial charge in [-0.1, -0.05) is 19.9 Å². The topological polar surface area (TPSA) is 20.3 Å². The number of amides is 1. The van der Waals surface area contributed by atoms with E-state index in [9.17, 15) is 4.79 Å². The normalized spacial score (nSPS) is 9.73. The van der Waals surface area contributed by atoms with Gasteiger partial charge in [0.1, 0.15) is 0 Å². The molecule has 0 heterocycles. The largest absolute Gasteiger partial charge is 0.331 e. The molecule has 63 valence electrons. The van der Waals surface area contributed by atoms with Gasteiger partial charge in [-0.25, -0.2) is 0 Å². The monoisotopic (exact) mass is 154 g/mol. The van der Waals surface area contributed by atoms with E-state index in [0.717, 1.165) is 13.0 Å². The summed E-state index contributed by atoms with van der Waals surface area (Å²) in [4.78, 5) is 11.9. The molecular formula is C9H16NO. The first-order chi connectivity index (χ1) is 5.20. The molecule has 0 aliphatic carbocycles. The van der Waals surface area contributed by atoms with Gasteiger partial charge in [0, 0.05) is 13.1 Å². The van der Waals surface area contributed by atoms with Crippen LogP contribution in [-0.2, 0) is 4.79 Å². The molecule has 0 spiro atoms. The zero-order valence-electron chi connectivity index (χ0n) is 7.34. The van der Waals surface area contributed by atoms with Gasteiger partial charge in [-0.05, 0) is 12.3 Å². The van der Waals surface area contributed by atoms with Crippen LogP contribution in [0.1, 0.15) is 20.3 Å². The molecule has 0 aromatic heterocycles. The number of hydrogen-bond acceptors (Lipinski definition) is 1. The maximum absolute atomic E-state index is 10.3. The fraction of sp³-hybridized carbons (Fsp3) is 0.667. The second-order valence-corrected chi connectivity index (χ2v) is 3.01. The lowest BCUT2D eigenvalue weighted by molar-refractivity contribution is 0.378. The Morgan fingerprint density at radius 1 is 1.64 bits per heavy atom. The van der Waals surface area contributed by atoms with Crippen LogP contribution in [0, 0.1) is 5.92 Å². The summed E-state index contributed by atoms with van der Waals surface area (Å²) in [5, 5.41) is 0. The molecule has 11 heavy (non-hydrogen) atoms. The minimum Gasteiger partial charge on any atom is -0.331 e. The average molecular weight is 154 g/mol. The third kappa shape index (κ3) is 5.64. The fourth-order valence-corrected chi connectivity index (χ4v) is 0.744. The lowest BCUT2D eigenvalue weighted by atomic mass is 10.1. The quantitative estimate of drug-likeness (QED) is 0.420. The molecule has 0 aliphatic rings. The Hall–Kier alpha value is -0.790. The van der Waals surface area contributed by atoms with Crippen LogP contribution in [0.4, 0.5) is 0 Å². The van der Waals surface area contributed by atoms with E-state index in [2.05, 4.69) is 20.4 Å². The predicted molar refractivity (Wildman–Crippen MR) is 46.9 cm³/mol. The van der Waals surface area contributed by atoms with Crippen LogP contribution in [0.15, 0.2) is 12.7 Å². The second-order valence-electron chi connectivity index (χ2n) is 3.01. The van der Waals surface area contributed by atoms with Crippen molar-refractivity contribution in [3.8, 4) is 0 Å². The lowest BCUT2D eigenvalue weighted by Gasteiger charge is -2.14. The number of rotatable bonds is 6. The van der Waals surface area contributed by atoms with Gasteiger partial charge in [0.25, 0.3) is 0 Å². The first-order valence-corrected chi connectivity index (χ1v) is 3.94. The van der Waals surface area contributed by atoms with E-state index < -0.39 is 0 Å². The standard InChI is InChI=1S/C9H16NO/c1-4-6-10(8-11)7-5-9(2)3/h4,9H,1,5-7H2,2-3H3. The van der Waals surface area contributed by atoms with Crippen molar-refractivity contribution in [2.45, 2.75) is 20.3 Å². The van der Waals surface area contributed by atoms with E-state index in [4.69, 9.17) is 0 Å². The van der Waals surface area contributed by atoms with Gasteiger partial charge in [-0.3, -0.25) is 4.79 Å². The van der Waals surface area contributed by atoms with Gasteiger partial charge >= 0.3 is 6.41 Å². The highest BCUT2D eigenvalue weighted by atomic mass is 16.1. The maximum atomic E-state index is 10.3. The van der Waals surface area contributed by atoms with Crippen molar-refractivity contribution in [3.05, 3.63) is 12.7 Å². The van der Waals surface area contributed by atoms with Crippen molar-refractivity contribution in [2.75, 3.05) is 13.1 Å². The molecule has 0 rings (SSSR count).